The molecule has 0 heterocycles. The van der Waals surface area contributed by atoms with Gasteiger partial charge in [0.25, 0.3) is 0 Å². The van der Waals surface area contributed by atoms with E-state index in [4.69, 9.17) is 160 Å². The van der Waals surface area contributed by atoms with Gasteiger partial charge in [-0.05, 0) is 0 Å². The average molecular weight is 789 g/mol. The molecule has 0 spiro atoms. The summed E-state index contributed by atoms with van der Waals surface area (Å²) in [7, 11) is -5.17. The van der Waals surface area contributed by atoms with E-state index < -0.39 is 10.4 Å². The largest absolute Gasteiger partial charge is 3.00 e. The van der Waals surface area contributed by atoms with Crippen molar-refractivity contribution in [2.45, 2.75) is 0 Å². The molecular weight excluding hydrogens is 789 g/mol. The summed E-state index contributed by atoms with van der Waals surface area (Å²) in [6.45, 7) is 57.0. The Balaban J connectivity index is -0.00000000428. The summed E-state index contributed by atoms with van der Waals surface area (Å²) in [6.07, 6.45) is 0. The third kappa shape index (κ3) is 248000. The SMILES string of the molecule is O=S(=O)([O-])[O-].[C-]#N.[C-]#N.[C-]#N.[C-]#N.[C-]#N.[C-]#N.[C-]#N.[C-]#N.[C-]#N.[C-]#N.[C-]#N.[C-]#N.[Cu+2].[Cu+2].[Cu+2].[Fe+3].[Fe+3].[K+].[K+]. The summed E-state index contributed by atoms with van der Waals surface area (Å²) in [5.41, 5.74) is 0. The van der Waals surface area contributed by atoms with Crippen LogP contribution >= 0.6 is 0 Å². The van der Waals surface area contributed by atoms with Crippen LogP contribution in [0.1, 0.15) is 0 Å². The van der Waals surface area contributed by atoms with Gasteiger partial charge in [-0.25, -0.2) is 0 Å². The van der Waals surface area contributed by atoms with Crippen molar-refractivity contribution in [3.8, 4) is 0 Å². The Bertz CT molecular complexity index is 442. The Kier molecular flexibility index (Phi) is 6020. The molecule has 0 fully saturated rings. The zero-order valence-electron chi connectivity index (χ0n) is 17.0. The smallest absolute Gasteiger partial charge is 0.759 e. The quantitative estimate of drug-likeness (QED) is 0.0953. The summed E-state index contributed by atoms with van der Waals surface area (Å²) >= 11 is 0. The summed E-state index contributed by atoms with van der Waals surface area (Å²) in [5.74, 6) is 0. The van der Waals surface area contributed by atoms with Crippen LogP contribution in [0.2, 0.25) is 0 Å². The van der Waals surface area contributed by atoms with Gasteiger partial charge in [0.2, 0.25) is 0 Å². The maximum Gasteiger partial charge on any atom is 3.00 e. The van der Waals surface area contributed by atoms with E-state index >= 15 is 0 Å². The zero-order chi connectivity index (χ0) is 28.5. The van der Waals surface area contributed by atoms with E-state index in [0.717, 1.165) is 0 Å². The van der Waals surface area contributed by atoms with Gasteiger partial charge in [0.05, 0.1) is 0 Å². The monoisotopic (exact) mass is 787 g/mol. The summed E-state index contributed by atoms with van der Waals surface area (Å²) in [5, 5.41) is 75.0. The van der Waals surface area contributed by atoms with Crippen LogP contribution in [0.15, 0.2) is 0 Å². The maximum atomic E-state index is 8.52. The molecule has 0 unspecified atom stereocenters. The van der Waals surface area contributed by atoms with Crippen LogP contribution < -0.4 is 103 Å². The second-order valence-corrected chi connectivity index (χ2v) is 1.22. The molecule has 5 radical (unpaired) electrons. The number of rotatable bonds is 0. The van der Waals surface area contributed by atoms with Gasteiger partial charge in [-0.3, -0.25) is 8.42 Å². The fourth-order valence-corrected chi connectivity index (χ4v) is 0. The zero-order valence-corrected chi connectivity index (χ0v) is 29.1. The van der Waals surface area contributed by atoms with Crippen LogP contribution in [0, 0.1) is 142 Å². The van der Waals surface area contributed by atoms with Gasteiger partial charge >= 0.3 is 188 Å². The molecule has 0 aromatic rings. The van der Waals surface area contributed by atoms with Gasteiger partial charge in [-0.2, -0.15) is 0 Å². The normalized spacial score (nSPS) is 2.28. The molecule has 0 atom stereocenters. The van der Waals surface area contributed by atoms with Crippen molar-refractivity contribution in [3.05, 3.63) is 78.9 Å². The van der Waals surface area contributed by atoms with Gasteiger partial charge in [-0.1, -0.05) is 0 Å². The van der Waals surface area contributed by atoms with Gasteiger partial charge in [-0.15, -0.1) is 0 Å². The van der Waals surface area contributed by atoms with Crippen LogP contribution in [-0.4, -0.2) is 17.5 Å². The van der Waals surface area contributed by atoms with Gasteiger partial charge < -0.3 is 151 Å². The molecule has 0 aliphatic heterocycles. The third-order valence-corrected chi connectivity index (χ3v) is 0. The summed E-state index contributed by atoms with van der Waals surface area (Å²) in [6, 6.07) is 0. The maximum absolute atomic E-state index is 8.52. The Hall–Kier alpha value is -0.380. The minimum atomic E-state index is -5.17. The molecule has 0 N–H and O–H groups in total. The Morgan fingerprint density at radius 3 is 0.333 bits per heavy atom. The van der Waals surface area contributed by atoms with Crippen molar-refractivity contribution in [2.24, 2.45) is 0 Å². The van der Waals surface area contributed by atoms with E-state index in [0.29, 0.717) is 0 Å². The number of hydrogen-bond acceptors (Lipinski definition) is 16. The molecule has 0 aromatic heterocycles. The van der Waals surface area contributed by atoms with Crippen molar-refractivity contribution < 1.29 is 206 Å². The van der Waals surface area contributed by atoms with Crippen molar-refractivity contribution in [1.82, 2.24) is 0 Å². The Labute approximate surface area is 351 Å². The number of hydrogen-bond donors (Lipinski definition) is 0. The van der Waals surface area contributed by atoms with Crippen LogP contribution in [0.5, 0.6) is 0 Å². The van der Waals surface area contributed by atoms with E-state index in [1.54, 1.807) is 0 Å². The first kappa shape index (κ1) is 175. The molecule has 0 saturated carbocycles. The molecule has 0 aromatic carbocycles. The van der Waals surface area contributed by atoms with Crippen LogP contribution in [0.4, 0.5) is 0 Å². The topological polar surface area (TPSA) is 366 Å². The molecule has 0 bridgehead atoms. The molecular formula is C12Cu3Fe2K2N12O4S. The fraction of sp³-hybridized carbons (Fsp3) is 0. The molecule has 0 aliphatic carbocycles. The molecule has 189 valence electrons. The number of nitrogens with zero attached hydrogens (tertiary/aromatic N) is 12. The van der Waals surface area contributed by atoms with E-state index in [1.807, 2.05) is 0 Å². The molecule has 16 nitrogen and oxygen atoms in total. The van der Waals surface area contributed by atoms with Crippen LogP contribution in [-0.2, 0) is 95.7 Å². The predicted octanol–water partition coefficient (Wildman–Crippen LogP) is -6.19. The first-order valence-corrected chi connectivity index (χ1v) is 4.68. The minimum Gasteiger partial charge on any atom is -0.759 e. The summed E-state index contributed by atoms with van der Waals surface area (Å²) in [4.78, 5) is 0. The van der Waals surface area contributed by atoms with Gasteiger partial charge in [0.15, 0.2) is 0 Å². The van der Waals surface area contributed by atoms with Gasteiger partial charge in [0.1, 0.15) is 0 Å². The molecule has 0 amide bonds. The Morgan fingerprint density at radius 2 is 0.333 bits per heavy atom. The predicted molar refractivity (Wildman–Crippen MR) is 70.1 cm³/mol. The second kappa shape index (κ2) is 1240. The van der Waals surface area contributed by atoms with E-state index in [-0.39, 0.29) is 188 Å². The van der Waals surface area contributed by atoms with Crippen LogP contribution in [0.3, 0.4) is 0 Å². The molecule has 24 heteroatoms. The first-order chi connectivity index (χ1) is 14.0. The van der Waals surface area contributed by atoms with E-state index in [2.05, 4.69) is 0 Å². The van der Waals surface area contributed by atoms with E-state index in [1.165, 1.54) is 0 Å². The molecule has 0 rings (SSSR count). The standard InChI is InChI=1S/12CN.3Cu.2Fe.2K.H2O4S/c12*1-2;;;;;;;;1-5(2,3)4/h;;;;;;;;;;;;;;;;;;;(H2,1,2,3,4)/q12*-1;3*+2;2*+3;2*+1;/p-2. The second-order valence-electron chi connectivity index (χ2n) is 0.408. The van der Waals surface area contributed by atoms with Crippen LogP contribution in [0.25, 0.3) is 0 Å². The molecule has 0 aliphatic rings. The molecule has 0 saturated heterocycles. The van der Waals surface area contributed by atoms with Gasteiger partial charge in [0, 0.05) is 10.4 Å². The van der Waals surface area contributed by atoms with Crippen molar-refractivity contribution in [2.75, 3.05) is 0 Å². The fourth-order valence-electron chi connectivity index (χ4n) is 0. The minimum absolute atomic E-state index is 0. The third-order valence-electron chi connectivity index (χ3n) is 0. The van der Waals surface area contributed by atoms with Crippen molar-refractivity contribution in [1.29, 1.82) is 63.1 Å². The van der Waals surface area contributed by atoms with Crippen molar-refractivity contribution in [3.63, 3.8) is 0 Å². The Morgan fingerprint density at radius 1 is 0.333 bits per heavy atom. The van der Waals surface area contributed by atoms with Crippen molar-refractivity contribution >= 4 is 10.4 Å². The first-order valence-electron chi connectivity index (χ1n) is 3.35. The van der Waals surface area contributed by atoms with E-state index in [9.17, 15) is 0 Å². The summed E-state index contributed by atoms with van der Waals surface area (Å²) < 4.78 is 34.1. The average Bonchev–Trinajstić information content (AvgIpc) is 2.88. The molecule has 36 heavy (non-hydrogen) atoms.